The predicted molar refractivity (Wildman–Crippen MR) is 113 cm³/mol. The summed E-state index contributed by atoms with van der Waals surface area (Å²) >= 11 is 7.55. The van der Waals surface area contributed by atoms with Crippen LogP contribution in [0.3, 0.4) is 0 Å². The number of hydrogen-bond donors (Lipinski definition) is 1. The molecule has 2 heterocycles. The van der Waals surface area contributed by atoms with E-state index in [1.165, 1.54) is 11.8 Å². The van der Waals surface area contributed by atoms with Gasteiger partial charge in [-0.15, -0.1) is 10.2 Å². The Hall–Kier alpha value is -1.77. The van der Waals surface area contributed by atoms with E-state index in [1.807, 2.05) is 19.1 Å². The highest BCUT2D eigenvalue weighted by atomic mass is 35.5. The second-order valence-corrected chi connectivity index (χ2v) is 8.83. The number of carbonyl (C=O) groups excluding carboxylic acids is 1. The molecule has 1 amide bonds. The smallest absolute Gasteiger partial charge is 0.237 e. The topological polar surface area (TPSA) is 72.3 Å². The molecule has 152 valence electrons. The lowest BCUT2D eigenvalue weighted by Gasteiger charge is -2.28. The summed E-state index contributed by atoms with van der Waals surface area (Å²) in [6.45, 7) is 9.94. The molecule has 1 aliphatic rings. The summed E-state index contributed by atoms with van der Waals surface area (Å²) in [5.41, 5.74) is 0.610. The van der Waals surface area contributed by atoms with E-state index < -0.39 is 0 Å². The predicted octanol–water partition coefficient (Wildman–Crippen LogP) is 3.54. The Morgan fingerprint density at radius 2 is 1.96 bits per heavy atom. The van der Waals surface area contributed by atoms with Gasteiger partial charge < -0.3 is 15.0 Å². The molecule has 0 radical (unpaired) electrons. The third-order valence-corrected chi connectivity index (χ3v) is 5.73. The van der Waals surface area contributed by atoms with Gasteiger partial charge in [0.1, 0.15) is 0 Å². The Morgan fingerprint density at radius 1 is 1.25 bits per heavy atom. The summed E-state index contributed by atoms with van der Waals surface area (Å²) in [5.74, 6) is 1.16. The molecule has 0 saturated carbocycles. The Kier molecular flexibility index (Phi) is 7.20. The number of amides is 1. The van der Waals surface area contributed by atoms with Crippen LogP contribution < -0.4 is 10.2 Å². The minimum Gasteiger partial charge on any atom is -0.378 e. The number of nitrogens with one attached hydrogen (secondary N) is 1. The van der Waals surface area contributed by atoms with Gasteiger partial charge in [-0.2, -0.15) is 0 Å². The van der Waals surface area contributed by atoms with Crippen LogP contribution >= 0.6 is 23.4 Å². The van der Waals surface area contributed by atoms with E-state index in [1.54, 1.807) is 12.1 Å². The van der Waals surface area contributed by atoms with E-state index in [0.717, 1.165) is 30.7 Å². The summed E-state index contributed by atoms with van der Waals surface area (Å²) in [6.07, 6.45) is 0. The van der Waals surface area contributed by atoms with Crippen molar-refractivity contribution in [2.24, 2.45) is 5.92 Å². The lowest BCUT2D eigenvalue weighted by atomic mass is 10.2. The highest BCUT2D eigenvalue weighted by Gasteiger charge is 2.24. The van der Waals surface area contributed by atoms with E-state index >= 15 is 0 Å². The zero-order valence-electron chi connectivity index (χ0n) is 16.4. The highest BCUT2D eigenvalue weighted by Crippen LogP contribution is 2.28. The van der Waals surface area contributed by atoms with Gasteiger partial charge in [0.2, 0.25) is 11.9 Å². The quantitative estimate of drug-likeness (QED) is 0.686. The lowest BCUT2D eigenvalue weighted by molar-refractivity contribution is -0.115. The number of hydrogen-bond acceptors (Lipinski definition) is 6. The first-order chi connectivity index (χ1) is 13.5. The van der Waals surface area contributed by atoms with Gasteiger partial charge in [0.15, 0.2) is 5.16 Å². The van der Waals surface area contributed by atoms with Crippen LogP contribution in [-0.2, 0) is 16.1 Å². The van der Waals surface area contributed by atoms with Gasteiger partial charge in [-0.25, -0.2) is 0 Å². The normalized spacial score (nSPS) is 15.7. The van der Waals surface area contributed by atoms with Gasteiger partial charge in [-0.3, -0.25) is 9.36 Å². The SMILES string of the molecule is CC(C)Cn1c(S[C@@H](C)C(=O)Nc2ccccc2Cl)nnc1N1CCOCC1. The number of thioether (sulfide) groups is 1. The van der Waals surface area contributed by atoms with Crippen LogP contribution in [-0.4, -0.2) is 52.2 Å². The van der Waals surface area contributed by atoms with E-state index in [-0.39, 0.29) is 11.2 Å². The molecule has 0 spiro atoms. The Bertz CT molecular complexity index is 807. The molecule has 3 rings (SSSR count). The van der Waals surface area contributed by atoms with Crippen LogP contribution in [0.5, 0.6) is 0 Å². The average Bonchev–Trinajstić information content (AvgIpc) is 3.06. The first-order valence-corrected chi connectivity index (χ1v) is 10.7. The first-order valence-electron chi connectivity index (χ1n) is 9.43. The number of anilines is 2. The molecule has 1 saturated heterocycles. The number of rotatable bonds is 7. The molecule has 1 fully saturated rings. The van der Waals surface area contributed by atoms with Gasteiger partial charge >= 0.3 is 0 Å². The molecular weight excluding hydrogens is 398 g/mol. The molecule has 2 aromatic rings. The number of carbonyl (C=O) groups is 1. The van der Waals surface area contributed by atoms with Crippen molar-refractivity contribution >= 4 is 40.9 Å². The van der Waals surface area contributed by atoms with Gasteiger partial charge in [-0.1, -0.05) is 49.3 Å². The van der Waals surface area contributed by atoms with Crippen LogP contribution in [0.15, 0.2) is 29.4 Å². The van der Waals surface area contributed by atoms with Crippen molar-refractivity contribution < 1.29 is 9.53 Å². The molecular formula is C19H26ClN5O2S. The van der Waals surface area contributed by atoms with E-state index in [4.69, 9.17) is 16.3 Å². The molecule has 0 bridgehead atoms. The lowest BCUT2D eigenvalue weighted by Crippen LogP contribution is -2.38. The molecule has 1 atom stereocenters. The summed E-state index contributed by atoms with van der Waals surface area (Å²) in [5, 5.41) is 12.6. The van der Waals surface area contributed by atoms with Gasteiger partial charge in [0.05, 0.1) is 29.2 Å². The first kappa shape index (κ1) is 21.0. The summed E-state index contributed by atoms with van der Waals surface area (Å²) < 4.78 is 7.55. The fourth-order valence-electron chi connectivity index (χ4n) is 2.90. The van der Waals surface area contributed by atoms with E-state index in [9.17, 15) is 4.79 Å². The second kappa shape index (κ2) is 9.62. The zero-order valence-corrected chi connectivity index (χ0v) is 18.0. The molecule has 0 unspecified atom stereocenters. The van der Waals surface area contributed by atoms with Crippen LogP contribution in [0.2, 0.25) is 5.02 Å². The zero-order chi connectivity index (χ0) is 20.1. The van der Waals surface area contributed by atoms with Gasteiger partial charge in [-0.05, 0) is 25.0 Å². The van der Waals surface area contributed by atoms with Gasteiger partial charge in [0, 0.05) is 19.6 Å². The largest absolute Gasteiger partial charge is 0.378 e. The molecule has 1 aromatic carbocycles. The number of morpholine rings is 1. The minimum absolute atomic E-state index is 0.120. The van der Waals surface area contributed by atoms with Crippen molar-refractivity contribution in [1.29, 1.82) is 0 Å². The maximum atomic E-state index is 12.6. The van der Waals surface area contributed by atoms with E-state index in [0.29, 0.717) is 29.8 Å². The Labute approximate surface area is 174 Å². The fraction of sp³-hybridized carbons (Fsp3) is 0.526. The standard InChI is InChI=1S/C19H26ClN5O2S/c1-13(2)12-25-18(24-8-10-27-11-9-24)22-23-19(25)28-14(3)17(26)21-16-7-5-4-6-15(16)20/h4-7,13-14H,8-12H2,1-3H3,(H,21,26)/t14-/m0/s1. The summed E-state index contributed by atoms with van der Waals surface area (Å²) in [6, 6.07) is 7.21. The van der Waals surface area contributed by atoms with Crippen LogP contribution in [0.25, 0.3) is 0 Å². The van der Waals surface area contributed by atoms with Gasteiger partial charge in [0.25, 0.3) is 0 Å². The third kappa shape index (κ3) is 5.18. The molecule has 1 aromatic heterocycles. The molecule has 9 heteroatoms. The van der Waals surface area contributed by atoms with Crippen molar-refractivity contribution in [2.45, 2.75) is 37.7 Å². The van der Waals surface area contributed by atoms with Crippen LogP contribution in [0.1, 0.15) is 20.8 Å². The van der Waals surface area contributed by atoms with Crippen molar-refractivity contribution in [3.05, 3.63) is 29.3 Å². The minimum atomic E-state index is -0.344. The summed E-state index contributed by atoms with van der Waals surface area (Å²) in [7, 11) is 0. The number of para-hydroxylation sites is 1. The number of benzene rings is 1. The van der Waals surface area contributed by atoms with Crippen LogP contribution in [0.4, 0.5) is 11.6 Å². The van der Waals surface area contributed by atoms with Crippen LogP contribution in [0, 0.1) is 5.92 Å². The maximum absolute atomic E-state index is 12.6. The van der Waals surface area contributed by atoms with Crippen molar-refractivity contribution in [3.63, 3.8) is 0 Å². The second-order valence-electron chi connectivity index (χ2n) is 7.12. The number of halogens is 1. The highest BCUT2D eigenvalue weighted by molar-refractivity contribution is 8.00. The molecule has 0 aliphatic carbocycles. The van der Waals surface area contributed by atoms with Crippen molar-refractivity contribution in [2.75, 3.05) is 36.5 Å². The Morgan fingerprint density at radius 3 is 2.64 bits per heavy atom. The monoisotopic (exact) mass is 423 g/mol. The van der Waals surface area contributed by atoms with E-state index in [2.05, 4.69) is 38.8 Å². The Balaban J connectivity index is 1.74. The number of ether oxygens (including phenoxy) is 1. The van der Waals surface area contributed by atoms with Crippen molar-refractivity contribution in [3.8, 4) is 0 Å². The molecule has 28 heavy (non-hydrogen) atoms. The number of nitrogens with zero attached hydrogens (tertiary/aromatic N) is 4. The molecule has 1 N–H and O–H groups in total. The maximum Gasteiger partial charge on any atom is 0.237 e. The summed E-state index contributed by atoms with van der Waals surface area (Å²) in [4.78, 5) is 14.8. The third-order valence-electron chi connectivity index (χ3n) is 4.32. The number of aromatic nitrogens is 3. The van der Waals surface area contributed by atoms with Crippen molar-refractivity contribution in [1.82, 2.24) is 14.8 Å². The molecule has 1 aliphatic heterocycles. The molecule has 7 nitrogen and oxygen atoms in total. The fourth-order valence-corrected chi connectivity index (χ4v) is 3.94. The average molecular weight is 424 g/mol.